The maximum atomic E-state index is 13.0. The summed E-state index contributed by atoms with van der Waals surface area (Å²) in [6.45, 7) is 4.00. The van der Waals surface area contributed by atoms with E-state index in [1.165, 1.54) is 0 Å². The zero-order valence-electron chi connectivity index (χ0n) is 18.0. The summed E-state index contributed by atoms with van der Waals surface area (Å²) in [5.41, 5.74) is 2.96. The van der Waals surface area contributed by atoms with E-state index < -0.39 is 35.7 Å². The SMILES string of the molecule is CCc1ccc(N2C(=O)C[C@@H](N(O)[C@@H]3CC(=O)N(c4ccc(CC)cc4)C3=O)C2=O)cc1. The largest absolute Gasteiger partial charge is 0.312 e. The molecule has 8 heteroatoms. The van der Waals surface area contributed by atoms with Crippen LogP contribution in [0.15, 0.2) is 48.5 Å². The van der Waals surface area contributed by atoms with E-state index in [4.69, 9.17) is 0 Å². The van der Waals surface area contributed by atoms with Crippen LogP contribution in [0.1, 0.15) is 37.8 Å². The summed E-state index contributed by atoms with van der Waals surface area (Å²) in [5, 5.41) is 11.3. The molecule has 2 saturated heterocycles. The molecule has 2 aromatic carbocycles. The van der Waals surface area contributed by atoms with Gasteiger partial charge >= 0.3 is 0 Å². The number of aryl methyl sites for hydroxylation is 2. The number of benzene rings is 2. The number of anilines is 2. The van der Waals surface area contributed by atoms with E-state index in [1.807, 2.05) is 38.1 Å². The molecule has 2 fully saturated rings. The van der Waals surface area contributed by atoms with E-state index in [0.29, 0.717) is 16.4 Å². The summed E-state index contributed by atoms with van der Waals surface area (Å²) in [4.78, 5) is 53.1. The Hall–Kier alpha value is -3.36. The normalized spacial score (nSPS) is 21.4. The lowest BCUT2D eigenvalue weighted by molar-refractivity contribution is -0.172. The molecule has 2 aliphatic heterocycles. The van der Waals surface area contributed by atoms with Crippen molar-refractivity contribution in [2.24, 2.45) is 0 Å². The summed E-state index contributed by atoms with van der Waals surface area (Å²) in [6, 6.07) is 11.6. The molecule has 2 aromatic rings. The van der Waals surface area contributed by atoms with Gasteiger partial charge in [0.25, 0.3) is 11.8 Å². The molecule has 166 valence electrons. The highest BCUT2D eigenvalue weighted by Gasteiger charge is 2.50. The summed E-state index contributed by atoms with van der Waals surface area (Å²) in [6.07, 6.45) is 1.11. The second-order valence-electron chi connectivity index (χ2n) is 7.99. The van der Waals surface area contributed by atoms with E-state index in [9.17, 15) is 24.4 Å². The molecular formula is C24H25N3O5. The zero-order chi connectivity index (χ0) is 23.0. The molecule has 32 heavy (non-hydrogen) atoms. The molecule has 2 aliphatic rings. The second-order valence-corrected chi connectivity index (χ2v) is 7.99. The zero-order valence-corrected chi connectivity index (χ0v) is 18.0. The van der Waals surface area contributed by atoms with Crippen molar-refractivity contribution in [1.82, 2.24) is 5.06 Å². The number of nitrogens with zero attached hydrogens (tertiary/aromatic N) is 3. The minimum absolute atomic E-state index is 0.270. The van der Waals surface area contributed by atoms with Crippen molar-refractivity contribution in [2.75, 3.05) is 9.80 Å². The first-order chi connectivity index (χ1) is 15.3. The third-order valence-electron chi connectivity index (χ3n) is 6.09. The lowest BCUT2D eigenvalue weighted by Gasteiger charge is -2.25. The van der Waals surface area contributed by atoms with Crippen LogP contribution in [0.4, 0.5) is 11.4 Å². The van der Waals surface area contributed by atoms with Crippen molar-refractivity contribution in [2.45, 2.75) is 51.6 Å². The van der Waals surface area contributed by atoms with Crippen molar-refractivity contribution in [1.29, 1.82) is 0 Å². The Kier molecular flexibility index (Phi) is 5.90. The van der Waals surface area contributed by atoms with E-state index in [-0.39, 0.29) is 12.8 Å². The van der Waals surface area contributed by atoms with E-state index in [2.05, 4.69) is 0 Å². The number of amides is 4. The fourth-order valence-electron chi connectivity index (χ4n) is 4.17. The molecule has 0 saturated carbocycles. The highest BCUT2D eigenvalue weighted by atomic mass is 16.5. The van der Waals surface area contributed by atoms with Gasteiger partial charge in [-0.15, -0.1) is 0 Å². The van der Waals surface area contributed by atoms with Gasteiger partial charge in [-0.05, 0) is 48.2 Å². The predicted octanol–water partition coefficient (Wildman–Crippen LogP) is 2.47. The molecule has 0 unspecified atom stereocenters. The van der Waals surface area contributed by atoms with Crippen molar-refractivity contribution >= 4 is 35.0 Å². The Balaban J connectivity index is 1.53. The Morgan fingerprint density at radius 3 is 1.38 bits per heavy atom. The van der Waals surface area contributed by atoms with Crippen LogP contribution in [0.2, 0.25) is 0 Å². The highest BCUT2D eigenvalue weighted by Crippen LogP contribution is 2.31. The van der Waals surface area contributed by atoms with E-state index in [0.717, 1.165) is 33.8 Å². The molecule has 0 bridgehead atoms. The third-order valence-corrected chi connectivity index (χ3v) is 6.09. The van der Waals surface area contributed by atoms with Gasteiger partial charge in [0.15, 0.2) is 0 Å². The highest BCUT2D eigenvalue weighted by molar-refractivity contribution is 6.24. The molecule has 8 nitrogen and oxygen atoms in total. The molecule has 4 rings (SSSR count). The van der Waals surface area contributed by atoms with Gasteiger partial charge in [0.05, 0.1) is 24.2 Å². The van der Waals surface area contributed by atoms with E-state index in [1.54, 1.807) is 24.3 Å². The number of hydrogen-bond acceptors (Lipinski definition) is 6. The summed E-state index contributed by atoms with van der Waals surface area (Å²) in [5.74, 6) is -2.17. The Labute approximate surface area is 186 Å². The average molecular weight is 435 g/mol. The van der Waals surface area contributed by atoms with Crippen LogP contribution in [-0.4, -0.2) is 46.0 Å². The first kappa shape index (κ1) is 21.9. The van der Waals surface area contributed by atoms with Gasteiger partial charge in [-0.3, -0.25) is 19.2 Å². The van der Waals surface area contributed by atoms with Gasteiger partial charge in [0.1, 0.15) is 12.1 Å². The van der Waals surface area contributed by atoms with Crippen LogP contribution in [0, 0.1) is 0 Å². The molecule has 2 heterocycles. The van der Waals surface area contributed by atoms with Gasteiger partial charge in [-0.25, -0.2) is 9.80 Å². The Morgan fingerprint density at radius 2 is 1.06 bits per heavy atom. The monoisotopic (exact) mass is 435 g/mol. The smallest absolute Gasteiger partial charge is 0.254 e. The van der Waals surface area contributed by atoms with Crippen molar-refractivity contribution < 1.29 is 24.4 Å². The van der Waals surface area contributed by atoms with Crippen LogP contribution in [0.25, 0.3) is 0 Å². The molecule has 0 aliphatic carbocycles. The third kappa shape index (κ3) is 3.72. The molecule has 0 radical (unpaired) electrons. The molecule has 2 atom stereocenters. The molecule has 0 aromatic heterocycles. The number of carbonyl (C=O) groups excluding carboxylic acids is 4. The van der Waals surface area contributed by atoms with Gasteiger partial charge in [0.2, 0.25) is 11.8 Å². The minimum Gasteiger partial charge on any atom is -0.312 e. The quantitative estimate of drug-likeness (QED) is 0.553. The van der Waals surface area contributed by atoms with Crippen molar-refractivity contribution in [3.63, 3.8) is 0 Å². The van der Waals surface area contributed by atoms with Gasteiger partial charge in [0, 0.05) is 0 Å². The summed E-state index contributed by atoms with van der Waals surface area (Å²) >= 11 is 0. The summed E-state index contributed by atoms with van der Waals surface area (Å²) < 4.78 is 0. The lowest BCUT2D eigenvalue weighted by Crippen LogP contribution is -2.49. The number of rotatable bonds is 6. The van der Waals surface area contributed by atoms with Crippen LogP contribution in [-0.2, 0) is 32.0 Å². The summed E-state index contributed by atoms with van der Waals surface area (Å²) in [7, 11) is 0. The van der Waals surface area contributed by atoms with Gasteiger partial charge in [-0.2, -0.15) is 5.06 Å². The maximum absolute atomic E-state index is 13.0. The standard InChI is InChI=1S/C24H25N3O5/c1-3-15-5-9-17(10-6-15)25-21(28)13-19(23(25)30)27(32)20-14-22(29)26(24(20)31)18-11-7-16(4-2)8-12-18/h5-12,19-20,32H,3-4,13-14H2,1-2H3/t19-,20-/m1/s1. The van der Waals surface area contributed by atoms with Gasteiger partial charge in [-0.1, -0.05) is 38.1 Å². The maximum Gasteiger partial charge on any atom is 0.254 e. The average Bonchev–Trinajstić information content (AvgIpc) is 3.27. The number of hydroxylamine groups is 2. The molecular weight excluding hydrogens is 410 g/mol. The first-order valence-electron chi connectivity index (χ1n) is 10.7. The number of imide groups is 2. The minimum atomic E-state index is -1.22. The van der Waals surface area contributed by atoms with Crippen molar-refractivity contribution in [3.8, 4) is 0 Å². The predicted molar refractivity (Wildman–Crippen MR) is 117 cm³/mol. The number of carbonyl (C=O) groups is 4. The Morgan fingerprint density at radius 1 is 0.719 bits per heavy atom. The van der Waals surface area contributed by atoms with Crippen LogP contribution in [0.3, 0.4) is 0 Å². The molecule has 4 amide bonds. The van der Waals surface area contributed by atoms with Crippen LogP contribution < -0.4 is 9.80 Å². The fourth-order valence-corrected chi connectivity index (χ4v) is 4.17. The number of hydrogen-bond donors (Lipinski definition) is 1. The Bertz CT molecular complexity index is 979. The second kappa shape index (κ2) is 8.64. The van der Waals surface area contributed by atoms with Crippen molar-refractivity contribution in [3.05, 3.63) is 59.7 Å². The molecule has 1 N–H and O–H groups in total. The first-order valence-corrected chi connectivity index (χ1v) is 10.7. The van der Waals surface area contributed by atoms with Crippen LogP contribution >= 0.6 is 0 Å². The van der Waals surface area contributed by atoms with Crippen LogP contribution in [0.5, 0.6) is 0 Å². The topological polar surface area (TPSA) is 98.2 Å². The van der Waals surface area contributed by atoms with Gasteiger partial charge < -0.3 is 5.21 Å². The molecule has 0 spiro atoms. The lowest BCUT2D eigenvalue weighted by atomic mass is 10.1. The van der Waals surface area contributed by atoms with E-state index >= 15 is 0 Å². The fraction of sp³-hybridized carbons (Fsp3) is 0.333.